The van der Waals surface area contributed by atoms with E-state index in [1.165, 1.54) is 5.56 Å². The van der Waals surface area contributed by atoms with Crippen LogP contribution in [0.2, 0.25) is 5.02 Å². The number of methoxy groups -OCH3 is 1. The largest absolute Gasteiger partial charge is 0.497 e. The first-order valence-corrected chi connectivity index (χ1v) is 7.85. The molecular formula is C18H20ClNO2. The van der Waals surface area contributed by atoms with Gasteiger partial charge in [-0.05, 0) is 17.7 Å². The number of hydrogen-bond acceptors (Lipinski definition) is 3. The van der Waals surface area contributed by atoms with Crippen LogP contribution in [0, 0.1) is 0 Å². The van der Waals surface area contributed by atoms with Gasteiger partial charge in [-0.3, -0.25) is 4.90 Å². The average Bonchev–Trinajstić information content (AvgIpc) is 2.56. The van der Waals surface area contributed by atoms with Crippen molar-refractivity contribution in [3.05, 3.63) is 64.7 Å². The van der Waals surface area contributed by atoms with Gasteiger partial charge >= 0.3 is 0 Å². The summed E-state index contributed by atoms with van der Waals surface area (Å²) >= 11 is 6.37. The van der Waals surface area contributed by atoms with Crippen LogP contribution < -0.4 is 4.74 Å². The van der Waals surface area contributed by atoms with E-state index in [1.807, 2.05) is 24.3 Å². The van der Waals surface area contributed by atoms with Gasteiger partial charge in [0.15, 0.2) is 0 Å². The van der Waals surface area contributed by atoms with Crippen LogP contribution in [0.4, 0.5) is 0 Å². The van der Waals surface area contributed by atoms with Gasteiger partial charge in [0.05, 0.1) is 24.8 Å². The minimum atomic E-state index is 0.0101. The molecule has 116 valence electrons. The molecular weight excluding hydrogens is 298 g/mol. The van der Waals surface area contributed by atoms with Crippen LogP contribution in [0.25, 0.3) is 0 Å². The highest BCUT2D eigenvalue weighted by molar-refractivity contribution is 6.31. The van der Waals surface area contributed by atoms with Crippen molar-refractivity contribution in [2.45, 2.75) is 12.6 Å². The topological polar surface area (TPSA) is 21.7 Å². The maximum Gasteiger partial charge on any atom is 0.120 e. The molecule has 3 rings (SSSR count). The predicted molar refractivity (Wildman–Crippen MR) is 88.4 cm³/mol. The van der Waals surface area contributed by atoms with Crippen LogP contribution in [0.1, 0.15) is 17.2 Å². The summed E-state index contributed by atoms with van der Waals surface area (Å²) in [5.41, 5.74) is 2.35. The van der Waals surface area contributed by atoms with E-state index in [9.17, 15) is 0 Å². The van der Waals surface area contributed by atoms with E-state index in [4.69, 9.17) is 21.1 Å². The molecule has 2 aromatic carbocycles. The highest BCUT2D eigenvalue weighted by Gasteiger charge is 2.24. The second-order valence-corrected chi connectivity index (χ2v) is 5.87. The summed E-state index contributed by atoms with van der Waals surface area (Å²) in [7, 11) is 1.64. The predicted octanol–water partition coefficient (Wildman–Crippen LogP) is 3.92. The van der Waals surface area contributed by atoms with E-state index in [1.54, 1.807) is 7.11 Å². The standard InChI is InChI=1S/C18H20ClNO2/c1-21-15-7-8-16(17(19)11-15)18-13-20(9-10-22-18)12-14-5-3-2-4-6-14/h2-8,11,18H,9-10,12-13H2,1H3/t18-/m1/s1. The Kier molecular flexibility index (Phi) is 4.98. The number of benzene rings is 2. The van der Waals surface area contributed by atoms with E-state index in [0.29, 0.717) is 5.02 Å². The first-order valence-electron chi connectivity index (χ1n) is 7.47. The summed E-state index contributed by atoms with van der Waals surface area (Å²) in [4.78, 5) is 2.41. The fourth-order valence-corrected chi connectivity index (χ4v) is 3.06. The van der Waals surface area contributed by atoms with E-state index < -0.39 is 0 Å². The Morgan fingerprint density at radius 2 is 2.05 bits per heavy atom. The lowest BCUT2D eigenvalue weighted by Crippen LogP contribution is -2.37. The molecule has 3 nitrogen and oxygen atoms in total. The molecule has 0 aromatic heterocycles. The van der Waals surface area contributed by atoms with E-state index in [0.717, 1.165) is 37.6 Å². The minimum Gasteiger partial charge on any atom is -0.497 e. The first kappa shape index (κ1) is 15.3. The average molecular weight is 318 g/mol. The molecule has 1 aliphatic heterocycles. The molecule has 0 N–H and O–H groups in total. The molecule has 1 atom stereocenters. The molecule has 1 fully saturated rings. The number of halogens is 1. The molecule has 0 unspecified atom stereocenters. The Morgan fingerprint density at radius 3 is 2.77 bits per heavy atom. The normalized spacial score (nSPS) is 19.1. The Balaban J connectivity index is 1.70. The summed E-state index contributed by atoms with van der Waals surface area (Å²) in [6, 6.07) is 16.3. The maximum atomic E-state index is 6.37. The molecule has 0 bridgehead atoms. The zero-order chi connectivity index (χ0) is 15.4. The molecule has 0 aliphatic carbocycles. The van der Waals surface area contributed by atoms with Gasteiger partial charge in [0.25, 0.3) is 0 Å². The Labute approximate surface area is 136 Å². The number of hydrogen-bond donors (Lipinski definition) is 0. The molecule has 0 spiro atoms. The van der Waals surface area contributed by atoms with Crippen molar-refractivity contribution in [3.8, 4) is 5.75 Å². The van der Waals surface area contributed by atoms with Gasteiger partial charge in [-0.1, -0.05) is 48.0 Å². The summed E-state index contributed by atoms with van der Waals surface area (Å²) in [5, 5.41) is 0.700. The van der Waals surface area contributed by atoms with Gasteiger partial charge in [0.2, 0.25) is 0 Å². The second kappa shape index (κ2) is 7.14. The van der Waals surface area contributed by atoms with Crippen LogP contribution >= 0.6 is 11.6 Å². The van der Waals surface area contributed by atoms with Crippen molar-refractivity contribution in [1.82, 2.24) is 4.90 Å². The number of ether oxygens (including phenoxy) is 2. The van der Waals surface area contributed by atoms with Crippen molar-refractivity contribution in [1.29, 1.82) is 0 Å². The Bertz CT molecular complexity index is 618. The molecule has 0 amide bonds. The van der Waals surface area contributed by atoms with Crippen LogP contribution in [0.5, 0.6) is 5.75 Å². The smallest absolute Gasteiger partial charge is 0.120 e. The monoisotopic (exact) mass is 317 g/mol. The molecule has 1 aliphatic rings. The maximum absolute atomic E-state index is 6.37. The van der Waals surface area contributed by atoms with Gasteiger partial charge in [0, 0.05) is 25.2 Å². The molecule has 4 heteroatoms. The van der Waals surface area contributed by atoms with E-state index in [-0.39, 0.29) is 6.10 Å². The first-order chi connectivity index (χ1) is 10.8. The summed E-state index contributed by atoms with van der Waals surface area (Å²) in [5.74, 6) is 0.769. The molecule has 1 heterocycles. The van der Waals surface area contributed by atoms with Crippen molar-refractivity contribution < 1.29 is 9.47 Å². The highest BCUT2D eigenvalue weighted by Crippen LogP contribution is 2.31. The van der Waals surface area contributed by atoms with Gasteiger partial charge in [-0.15, -0.1) is 0 Å². The van der Waals surface area contributed by atoms with Crippen molar-refractivity contribution in [2.75, 3.05) is 26.8 Å². The van der Waals surface area contributed by atoms with Crippen LogP contribution in [-0.4, -0.2) is 31.7 Å². The Hall–Kier alpha value is -1.55. The molecule has 0 saturated carbocycles. The van der Waals surface area contributed by atoms with Crippen molar-refractivity contribution in [2.24, 2.45) is 0 Å². The van der Waals surface area contributed by atoms with Crippen LogP contribution in [0.3, 0.4) is 0 Å². The summed E-state index contributed by atoms with van der Waals surface area (Å²) < 4.78 is 11.1. The molecule has 1 saturated heterocycles. The van der Waals surface area contributed by atoms with Gasteiger partial charge in [-0.25, -0.2) is 0 Å². The van der Waals surface area contributed by atoms with Gasteiger partial charge < -0.3 is 9.47 Å². The number of morpholine rings is 1. The van der Waals surface area contributed by atoms with Crippen molar-refractivity contribution in [3.63, 3.8) is 0 Å². The third kappa shape index (κ3) is 3.61. The highest BCUT2D eigenvalue weighted by atomic mass is 35.5. The lowest BCUT2D eigenvalue weighted by atomic mass is 10.1. The minimum absolute atomic E-state index is 0.0101. The molecule has 2 aromatic rings. The fraction of sp³-hybridized carbons (Fsp3) is 0.333. The summed E-state index contributed by atoms with van der Waals surface area (Å²) in [6.07, 6.45) is 0.0101. The fourth-order valence-electron chi connectivity index (χ4n) is 2.77. The Morgan fingerprint density at radius 1 is 1.23 bits per heavy atom. The van der Waals surface area contributed by atoms with Gasteiger partial charge in [0.1, 0.15) is 5.75 Å². The summed E-state index contributed by atoms with van der Waals surface area (Å²) in [6.45, 7) is 3.45. The second-order valence-electron chi connectivity index (χ2n) is 5.47. The number of rotatable bonds is 4. The third-order valence-electron chi connectivity index (χ3n) is 3.95. The SMILES string of the molecule is COc1ccc([C@H]2CN(Cc3ccccc3)CCO2)c(Cl)c1. The van der Waals surface area contributed by atoms with Gasteiger partial charge in [-0.2, -0.15) is 0 Å². The van der Waals surface area contributed by atoms with E-state index >= 15 is 0 Å². The third-order valence-corrected chi connectivity index (χ3v) is 4.28. The number of nitrogens with zero attached hydrogens (tertiary/aromatic N) is 1. The van der Waals surface area contributed by atoms with Crippen molar-refractivity contribution >= 4 is 11.6 Å². The lowest BCUT2D eigenvalue weighted by molar-refractivity contribution is -0.0328. The molecule has 0 radical (unpaired) electrons. The zero-order valence-electron chi connectivity index (χ0n) is 12.7. The lowest BCUT2D eigenvalue weighted by Gasteiger charge is -2.33. The molecule has 22 heavy (non-hydrogen) atoms. The van der Waals surface area contributed by atoms with E-state index in [2.05, 4.69) is 29.2 Å². The quantitative estimate of drug-likeness (QED) is 0.853. The van der Waals surface area contributed by atoms with Crippen LogP contribution in [0.15, 0.2) is 48.5 Å². The zero-order valence-corrected chi connectivity index (χ0v) is 13.4. The van der Waals surface area contributed by atoms with Crippen LogP contribution in [-0.2, 0) is 11.3 Å².